The second-order valence-corrected chi connectivity index (χ2v) is 4.52. The maximum absolute atomic E-state index is 6.09. The molecule has 0 bridgehead atoms. The summed E-state index contributed by atoms with van der Waals surface area (Å²) in [6.07, 6.45) is 0.145. The van der Waals surface area contributed by atoms with Gasteiger partial charge in [-0.25, -0.2) is 0 Å². The van der Waals surface area contributed by atoms with Crippen LogP contribution in [-0.2, 0) is 0 Å². The Balaban J connectivity index is 2.78. The van der Waals surface area contributed by atoms with Crippen molar-refractivity contribution < 1.29 is 4.74 Å². The van der Waals surface area contributed by atoms with E-state index in [9.17, 15) is 0 Å². The predicted molar refractivity (Wildman–Crippen MR) is 66.0 cm³/mol. The van der Waals surface area contributed by atoms with Crippen LogP contribution in [0.1, 0.15) is 27.7 Å². The zero-order valence-corrected chi connectivity index (χ0v) is 10.4. The smallest absolute Gasteiger partial charge is 0.138 e. The first kappa shape index (κ1) is 12.2. The number of ether oxygens (including phenoxy) is 1. The molecule has 0 saturated heterocycles. The van der Waals surface area contributed by atoms with Gasteiger partial charge in [0, 0.05) is 11.7 Å². The minimum Gasteiger partial charge on any atom is -0.489 e. The first-order valence-corrected chi connectivity index (χ1v) is 5.59. The maximum Gasteiger partial charge on any atom is 0.138 e. The van der Waals surface area contributed by atoms with Crippen LogP contribution in [0.25, 0.3) is 0 Å². The summed E-state index contributed by atoms with van der Waals surface area (Å²) in [7, 11) is 0. The van der Waals surface area contributed by atoms with E-state index in [-0.39, 0.29) is 6.10 Å². The number of halogens is 1. The van der Waals surface area contributed by atoms with Crippen molar-refractivity contribution in [2.24, 2.45) is 0 Å². The SMILES string of the molecule is CC(C)Nc1ccc(OC(C)C)c(Cl)c1. The molecule has 0 atom stereocenters. The van der Waals surface area contributed by atoms with Gasteiger partial charge in [0.2, 0.25) is 0 Å². The van der Waals surface area contributed by atoms with Gasteiger partial charge in [0.05, 0.1) is 11.1 Å². The summed E-state index contributed by atoms with van der Waals surface area (Å²) in [5.74, 6) is 0.737. The molecule has 1 rings (SSSR count). The highest BCUT2D eigenvalue weighted by Crippen LogP contribution is 2.28. The lowest BCUT2D eigenvalue weighted by Crippen LogP contribution is -2.10. The van der Waals surface area contributed by atoms with Crippen LogP contribution >= 0.6 is 11.6 Å². The standard InChI is InChI=1S/C12H18ClNO/c1-8(2)14-10-5-6-12(11(13)7-10)15-9(3)4/h5-9,14H,1-4H3. The van der Waals surface area contributed by atoms with Crippen molar-refractivity contribution in [1.82, 2.24) is 0 Å². The van der Waals surface area contributed by atoms with Crippen LogP contribution in [0.15, 0.2) is 18.2 Å². The highest BCUT2D eigenvalue weighted by atomic mass is 35.5. The summed E-state index contributed by atoms with van der Waals surface area (Å²) in [4.78, 5) is 0. The summed E-state index contributed by atoms with van der Waals surface area (Å²) in [6.45, 7) is 8.14. The maximum atomic E-state index is 6.09. The Morgan fingerprint density at radius 2 is 1.87 bits per heavy atom. The van der Waals surface area contributed by atoms with E-state index in [0.29, 0.717) is 11.1 Å². The van der Waals surface area contributed by atoms with Crippen molar-refractivity contribution in [1.29, 1.82) is 0 Å². The Hall–Kier alpha value is -0.890. The molecule has 0 aromatic heterocycles. The molecule has 1 N–H and O–H groups in total. The van der Waals surface area contributed by atoms with Crippen molar-refractivity contribution in [2.45, 2.75) is 39.8 Å². The molecule has 0 unspecified atom stereocenters. The third-order valence-corrected chi connectivity index (χ3v) is 2.05. The minimum absolute atomic E-state index is 0.145. The fourth-order valence-corrected chi connectivity index (χ4v) is 1.50. The van der Waals surface area contributed by atoms with E-state index in [1.807, 2.05) is 32.0 Å². The molecule has 1 aromatic carbocycles. The van der Waals surface area contributed by atoms with Crippen LogP contribution < -0.4 is 10.1 Å². The van der Waals surface area contributed by atoms with Gasteiger partial charge in [0.1, 0.15) is 5.75 Å². The van der Waals surface area contributed by atoms with E-state index in [1.54, 1.807) is 0 Å². The molecule has 0 spiro atoms. The van der Waals surface area contributed by atoms with Gasteiger partial charge in [-0.05, 0) is 45.9 Å². The number of benzene rings is 1. The van der Waals surface area contributed by atoms with Gasteiger partial charge in [-0.2, -0.15) is 0 Å². The lowest BCUT2D eigenvalue weighted by molar-refractivity contribution is 0.242. The van der Waals surface area contributed by atoms with Gasteiger partial charge in [0.15, 0.2) is 0 Å². The van der Waals surface area contributed by atoms with Gasteiger partial charge in [-0.1, -0.05) is 11.6 Å². The Morgan fingerprint density at radius 1 is 1.20 bits per heavy atom. The number of hydrogen-bond donors (Lipinski definition) is 1. The molecule has 0 aliphatic heterocycles. The molecule has 0 aliphatic carbocycles. The van der Waals surface area contributed by atoms with Crippen LogP contribution in [0.5, 0.6) is 5.75 Å². The van der Waals surface area contributed by atoms with Gasteiger partial charge >= 0.3 is 0 Å². The van der Waals surface area contributed by atoms with Crippen molar-refractivity contribution in [3.63, 3.8) is 0 Å². The van der Waals surface area contributed by atoms with E-state index in [2.05, 4.69) is 19.2 Å². The fraction of sp³-hybridized carbons (Fsp3) is 0.500. The zero-order chi connectivity index (χ0) is 11.4. The van der Waals surface area contributed by atoms with Crippen LogP contribution in [0.4, 0.5) is 5.69 Å². The normalized spacial score (nSPS) is 10.9. The van der Waals surface area contributed by atoms with E-state index >= 15 is 0 Å². The highest BCUT2D eigenvalue weighted by Gasteiger charge is 2.05. The molecule has 0 fully saturated rings. The molecule has 1 aromatic rings. The lowest BCUT2D eigenvalue weighted by Gasteiger charge is -2.14. The topological polar surface area (TPSA) is 21.3 Å². The minimum atomic E-state index is 0.145. The lowest BCUT2D eigenvalue weighted by atomic mass is 10.2. The zero-order valence-electron chi connectivity index (χ0n) is 9.67. The van der Waals surface area contributed by atoms with Crippen molar-refractivity contribution >= 4 is 17.3 Å². The Bertz CT molecular complexity index is 323. The van der Waals surface area contributed by atoms with E-state index in [4.69, 9.17) is 16.3 Å². The van der Waals surface area contributed by atoms with Crippen LogP contribution in [0, 0.1) is 0 Å². The van der Waals surface area contributed by atoms with Crippen LogP contribution in [0.2, 0.25) is 5.02 Å². The molecule has 0 amide bonds. The Morgan fingerprint density at radius 3 is 2.33 bits per heavy atom. The van der Waals surface area contributed by atoms with Gasteiger partial charge < -0.3 is 10.1 Å². The Labute approximate surface area is 96.6 Å². The average Bonchev–Trinajstić information content (AvgIpc) is 2.08. The van der Waals surface area contributed by atoms with E-state index in [0.717, 1.165) is 11.4 Å². The molecular formula is C12H18ClNO. The fourth-order valence-electron chi connectivity index (χ4n) is 1.27. The highest BCUT2D eigenvalue weighted by molar-refractivity contribution is 6.32. The summed E-state index contributed by atoms with van der Waals surface area (Å²) in [6, 6.07) is 6.16. The molecule has 0 aliphatic rings. The van der Waals surface area contributed by atoms with E-state index in [1.165, 1.54) is 0 Å². The molecule has 0 radical (unpaired) electrons. The monoisotopic (exact) mass is 227 g/mol. The molecule has 2 nitrogen and oxygen atoms in total. The number of anilines is 1. The van der Waals surface area contributed by atoms with Crippen molar-refractivity contribution in [3.8, 4) is 5.75 Å². The number of rotatable bonds is 4. The summed E-state index contributed by atoms with van der Waals surface area (Å²) >= 11 is 6.09. The molecule has 84 valence electrons. The van der Waals surface area contributed by atoms with Crippen molar-refractivity contribution in [3.05, 3.63) is 23.2 Å². The second kappa shape index (κ2) is 5.26. The van der Waals surface area contributed by atoms with Gasteiger partial charge in [-0.15, -0.1) is 0 Å². The summed E-state index contributed by atoms with van der Waals surface area (Å²) in [5, 5.41) is 3.93. The summed E-state index contributed by atoms with van der Waals surface area (Å²) in [5.41, 5.74) is 1.02. The van der Waals surface area contributed by atoms with Gasteiger partial charge in [0.25, 0.3) is 0 Å². The molecule has 3 heteroatoms. The van der Waals surface area contributed by atoms with E-state index < -0.39 is 0 Å². The molecule has 0 heterocycles. The Kier molecular flexibility index (Phi) is 4.28. The second-order valence-electron chi connectivity index (χ2n) is 4.11. The third kappa shape index (κ3) is 4.00. The van der Waals surface area contributed by atoms with Crippen molar-refractivity contribution in [2.75, 3.05) is 5.32 Å². The first-order valence-electron chi connectivity index (χ1n) is 5.21. The van der Waals surface area contributed by atoms with Crippen LogP contribution in [-0.4, -0.2) is 12.1 Å². The van der Waals surface area contributed by atoms with Gasteiger partial charge in [-0.3, -0.25) is 0 Å². The largest absolute Gasteiger partial charge is 0.489 e. The van der Waals surface area contributed by atoms with Crippen LogP contribution in [0.3, 0.4) is 0 Å². The molecule has 15 heavy (non-hydrogen) atoms. The average molecular weight is 228 g/mol. The first-order chi connectivity index (χ1) is 6.99. The summed E-state index contributed by atoms with van der Waals surface area (Å²) < 4.78 is 5.55. The predicted octanol–water partition coefficient (Wildman–Crippen LogP) is 3.95. The quantitative estimate of drug-likeness (QED) is 0.841. The molecular weight excluding hydrogens is 210 g/mol. The third-order valence-electron chi connectivity index (χ3n) is 1.75. The number of hydrogen-bond acceptors (Lipinski definition) is 2. The number of nitrogens with one attached hydrogen (secondary N) is 1. The molecule has 0 saturated carbocycles.